The molecule has 0 radical (unpaired) electrons. The van der Waals surface area contributed by atoms with Gasteiger partial charge in [0, 0.05) is 22.6 Å². The first-order chi connectivity index (χ1) is 17.9. The quantitative estimate of drug-likeness (QED) is 0.326. The number of carbonyl (C=O) groups is 2. The maximum Gasteiger partial charge on any atom is 0.264 e. The Labute approximate surface area is 238 Å². The summed E-state index contributed by atoms with van der Waals surface area (Å²) in [6.07, 6.45) is 0. The Morgan fingerprint density at radius 1 is 1.03 bits per heavy atom. The predicted octanol–water partition coefficient (Wildman–Crippen LogP) is 5.47. The molecule has 3 rings (SSSR count). The van der Waals surface area contributed by atoms with Crippen LogP contribution in [0.15, 0.2) is 76.1 Å². The molecule has 0 aliphatic heterocycles. The van der Waals surface area contributed by atoms with Crippen molar-refractivity contribution in [3.8, 4) is 0 Å². The molecule has 1 atom stereocenters. The van der Waals surface area contributed by atoms with Gasteiger partial charge in [-0.05, 0) is 75.2 Å². The van der Waals surface area contributed by atoms with Gasteiger partial charge in [0.1, 0.15) is 12.6 Å². The Kier molecular flexibility index (Phi) is 9.98. The number of sulfonamides is 1. The maximum absolute atomic E-state index is 13.9. The van der Waals surface area contributed by atoms with Crippen molar-refractivity contribution >= 4 is 55.1 Å². The van der Waals surface area contributed by atoms with E-state index >= 15 is 0 Å². The van der Waals surface area contributed by atoms with Crippen molar-refractivity contribution in [2.45, 2.75) is 45.2 Å². The molecule has 10 heteroatoms. The molecule has 0 aromatic heterocycles. The molecule has 3 aromatic rings. The monoisotopic (exact) mass is 619 g/mol. The minimum absolute atomic E-state index is 0.0468. The fourth-order valence-electron chi connectivity index (χ4n) is 3.94. The summed E-state index contributed by atoms with van der Waals surface area (Å²) in [5.74, 6) is -0.860. The third kappa shape index (κ3) is 7.15. The number of nitrogens with zero attached hydrogens (tertiary/aromatic N) is 2. The van der Waals surface area contributed by atoms with Gasteiger partial charge in [-0.3, -0.25) is 13.9 Å². The number of benzene rings is 3. The summed E-state index contributed by atoms with van der Waals surface area (Å²) in [5.41, 5.74) is 2.62. The van der Waals surface area contributed by atoms with Gasteiger partial charge in [0.25, 0.3) is 10.0 Å². The summed E-state index contributed by atoms with van der Waals surface area (Å²) in [6.45, 7) is 7.04. The van der Waals surface area contributed by atoms with Crippen LogP contribution in [0.25, 0.3) is 0 Å². The second-order valence-corrected chi connectivity index (χ2v) is 12.2. The van der Waals surface area contributed by atoms with Gasteiger partial charge in [-0.2, -0.15) is 0 Å². The zero-order valence-electron chi connectivity index (χ0n) is 21.7. The smallest absolute Gasteiger partial charge is 0.264 e. The molecule has 7 nitrogen and oxygen atoms in total. The lowest BCUT2D eigenvalue weighted by Gasteiger charge is -2.32. The molecule has 2 amide bonds. The average Bonchev–Trinajstić information content (AvgIpc) is 2.87. The molecule has 202 valence electrons. The minimum Gasteiger partial charge on any atom is -0.355 e. The predicted molar refractivity (Wildman–Crippen MR) is 155 cm³/mol. The van der Waals surface area contributed by atoms with Crippen LogP contribution >= 0.6 is 27.5 Å². The molecule has 0 aliphatic rings. The van der Waals surface area contributed by atoms with Crippen molar-refractivity contribution in [3.05, 3.63) is 92.9 Å². The van der Waals surface area contributed by atoms with E-state index < -0.39 is 28.5 Å². The lowest BCUT2D eigenvalue weighted by atomic mass is 10.1. The third-order valence-corrected chi connectivity index (χ3v) is 8.59. The van der Waals surface area contributed by atoms with Crippen LogP contribution in [0.1, 0.15) is 30.5 Å². The number of anilines is 1. The molecule has 0 heterocycles. The summed E-state index contributed by atoms with van der Waals surface area (Å²) in [4.78, 5) is 28.1. The standard InChI is InChI=1S/C28H31BrClN3O4S/c1-5-31-28(35)21(4)32(17-22-7-6-8-23(29)15-22)27(34)18-33(26-16-24(30)12-11-20(26)3)38(36,37)25-13-9-19(2)10-14-25/h6-16,21H,5,17-18H2,1-4H3,(H,31,35)/t21-/m1/s1. The van der Waals surface area contributed by atoms with Crippen LogP contribution in [0, 0.1) is 13.8 Å². The number of halogens is 2. The molecule has 38 heavy (non-hydrogen) atoms. The highest BCUT2D eigenvalue weighted by molar-refractivity contribution is 9.10. The van der Waals surface area contributed by atoms with Crippen LogP contribution in [-0.2, 0) is 26.2 Å². The van der Waals surface area contributed by atoms with Crippen molar-refractivity contribution in [2.24, 2.45) is 0 Å². The number of hydrogen-bond donors (Lipinski definition) is 1. The first kappa shape index (κ1) is 29.7. The van der Waals surface area contributed by atoms with Crippen molar-refractivity contribution < 1.29 is 18.0 Å². The van der Waals surface area contributed by atoms with E-state index in [1.54, 1.807) is 45.0 Å². The van der Waals surface area contributed by atoms with Gasteiger partial charge in [-0.25, -0.2) is 8.42 Å². The van der Waals surface area contributed by atoms with Crippen LogP contribution in [-0.4, -0.2) is 44.3 Å². The summed E-state index contributed by atoms with van der Waals surface area (Å²) < 4.78 is 29.7. The van der Waals surface area contributed by atoms with Crippen molar-refractivity contribution in [2.75, 3.05) is 17.4 Å². The molecule has 0 unspecified atom stereocenters. The fourth-order valence-corrected chi connectivity index (χ4v) is 6.02. The van der Waals surface area contributed by atoms with Crippen LogP contribution < -0.4 is 9.62 Å². The molecule has 0 saturated heterocycles. The maximum atomic E-state index is 13.9. The lowest BCUT2D eigenvalue weighted by Crippen LogP contribution is -2.51. The van der Waals surface area contributed by atoms with Gasteiger partial charge in [-0.15, -0.1) is 0 Å². The Bertz CT molecular complexity index is 1410. The van der Waals surface area contributed by atoms with E-state index in [4.69, 9.17) is 11.6 Å². The van der Waals surface area contributed by atoms with Gasteiger partial charge in [0.05, 0.1) is 10.6 Å². The highest BCUT2D eigenvalue weighted by Gasteiger charge is 2.33. The first-order valence-electron chi connectivity index (χ1n) is 12.1. The van der Waals surface area contributed by atoms with Gasteiger partial charge < -0.3 is 10.2 Å². The number of aryl methyl sites for hydroxylation is 2. The fraction of sp³-hybridized carbons (Fsp3) is 0.286. The molecule has 0 spiro atoms. The number of amides is 2. The van der Waals surface area contributed by atoms with Crippen molar-refractivity contribution in [1.29, 1.82) is 0 Å². The zero-order chi connectivity index (χ0) is 28.0. The molecular formula is C28H31BrClN3O4S. The molecule has 0 aliphatic carbocycles. The second kappa shape index (κ2) is 12.8. The second-order valence-electron chi connectivity index (χ2n) is 8.98. The topological polar surface area (TPSA) is 86.8 Å². The number of likely N-dealkylation sites (N-methyl/N-ethyl adjacent to an activating group) is 1. The first-order valence-corrected chi connectivity index (χ1v) is 14.7. The van der Waals surface area contributed by atoms with E-state index in [2.05, 4.69) is 21.2 Å². The van der Waals surface area contributed by atoms with Crippen molar-refractivity contribution in [1.82, 2.24) is 10.2 Å². The van der Waals surface area contributed by atoms with E-state index in [0.29, 0.717) is 22.8 Å². The van der Waals surface area contributed by atoms with E-state index in [-0.39, 0.29) is 17.3 Å². The Balaban J connectivity index is 2.08. The van der Waals surface area contributed by atoms with E-state index in [1.807, 2.05) is 31.2 Å². The van der Waals surface area contributed by atoms with Gasteiger partial charge >= 0.3 is 0 Å². The van der Waals surface area contributed by atoms with Crippen LogP contribution in [0.3, 0.4) is 0 Å². The number of nitrogens with one attached hydrogen (secondary N) is 1. The van der Waals surface area contributed by atoms with E-state index in [0.717, 1.165) is 19.9 Å². The van der Waals surface area contributed by atoms with Gasteiger partial charge in [0.2, 0.25) is 11.8 Å². The number of carbonyl (C=O) groups excluding carboxylic acids is 2. The number of hydrogen-bond acceptors (Lipinski definition) is 4. The van der Waals surface area contributed by atoms with Crippen LogP contribution in [0.2, 0.25) is 5.02 Å². The molecule has 0 fully saturated rings. The normalized spacial score (nSPS) is 12.1. The highest BCUT2D eigenvalue weighted by atomic mass is 79.9. The Hall–Kier alpha value is -2.88. The van der Waals surface area contributed by atoms with Gasteiger partial charge in [-0.1, -0.05) is 63.4 Å². The summed E-state index contributed by atoms with van der Waals surface area (Å²) in [7, 11) is -4.16. The summed E-state index contributed by atoms with van der Waals surface area (Å²) in [6, 6.07) is 17.9. The third-order valence-electron chi connectivity index (χ3n) is 6.09. The zero-order valence-corrected chi connectivity index (χ0v) is 24.9. The van der Waals surface area contributed by atoms with Crippen molar-refractivity contribution in [3.63, 3.8) is 0 Å². The van der Waals surface area contributed by atoms with E-state index in [9.17, 15) is 18.0 Å². The van der Waals surface area contributed by atoms with Crippen LogP contribution in [0.4, 0.5) is 5.69 Å². The Morgan fingerprint density at radius 3 is 2.34 bits per heavy atom. The molecule has 3 aromatic carbocycles. The van der Waals surface area contributed by atoms with Gasteiger partial charge in [0.15, 0.2) is 0 Å². The number of rotatable bonds is 10. The molecule has 1 N–H and O–H groups in total. The SMILES string of the molecule is CCNC(=O)[C@@H](C)N(Cc1cccc(Br)c1)C(=O)CN(c1cc(Cl)ccc1C)S(=O)(=O)c1ccc(C)cc1. The van der Waals surface area contributed by atoms with E-state index in [1.165, 1.54) is 23.1 Å². The highest BCUT2D eigenvalue weighted by Crippen LogP contribution is 2.30. The molecule has 0 saturated carbocycles. The Morgan fingerprint density at radius 2 is 1.71 bits per heavy atom. The minimum atomic E-state index is -4.16. The summed E-state index contributed by atoms with van der Waals surface area (Å²) >= 11 is 9.69. The largest absolute Gasteiger partial charge is 0.355 e. The molecule has 0 bridgehead atoms. The summed E-state index contributed by atoms with van der Waals surface area (Å²) in [5, 5.41) is 3.09. The molecular weight excluding hydrogens is 590 g/mol. The van der Waals surface area contributed by atoms with Crippen LogP contribution in [0.5, 0.6) is 0 Å². The average molecular weight is 621 g/mol. The lowest BCUT2D eigenvalue weighted by molar-refractivity contribution is -0.139.